The molecule has 0 amide bonds. The van der Waals surface area contributed by atoms with E-state index >= 15 is 0 Å². The molecule has 4 aromatic rings. The number of aliphatic hydroxyl groups is 1. The summed E-state index contributed by atoms with van der Waals surface area (Å²) in [5, 5.41) is 24.6. The Kier molecular flexibility index (Phi) is 7.98. The molecular weight excluding hydrogens is 499 g/mol. The topological polar surface area (TPSA) is 121 Å². The number of nitrogens with one attached hydrogen (secondary N) is 1. The maximum Gasteiger partial charge on any atom is 0.236 e. The lowest BCUT2D eigenvalue weighted by Gasteiger charge is -2.13. The Bertz CT molecular complexity index is 1460. The first kappa shape index (κ1) is 24.9. The zero-order valence-electron chi connectivity index (χ0n) is 18.7. The van der Waals surface area contributed by atoms with Gasteiger partial charge in [-0.1, -0.05) is 36.0 Å². The molecule has 2 aromatic heterocycles. The van der Waals surface area contributed by atoms with Crippen molar-refractivity contribution in [2.24, 2.45) is 0 Å². The average molecular weight is 519 g/mol. The first-order chi connectivity index (χ1) is 17.5. The molecule has 36 heavy (non-hydrogen) atoms. The maximum absolute atomic E-state index is 13.9. The minimum Gasteiger partial charge on any atom is -0.491 e. The summed E-state index contributed by atoms with van der Waals surface area (Å²) >= 11 is 2.61. The van der Waals surface area contributed by atoms with Crippen LogP contribution in [-0.4, -0.2) is 28.3 Å². The van der Waals surface area contributed by atoms with Gasteiger partial charge in [-0.2, -0.15) is 5.26 Å². The third-order valence-corrected chi connectivity index (χ3v) is 6.73. The number of ether oxygens (including phenoxy) is 1. The highest BCUT2D eigenvalue weighted by molar-refractivity contribution is 7.98. The van der Waals surface area contributed by atoms with Crippen LogP contribution in [-0.2, 0) is 5.75 Å². The van der Waals surface area contributed by atoms with Gasteiger partial charge in [-0.05, 0) is 29.8 Å². The average Bonchev–Trinajstić information content (AvgIpc) is 3.34. The smallest absolute Gasteiger partial charge is 0.236 e. The number of aliphatic hydroxyl groups excluding tert-OH is 1. The second-order valence-electron chi connectivity index (χ2n) is 7.26. The molecule has 0 aliphatic carbocycles. The maximum atomic E-state index is 13.9. The molecule has 180 valence electrons. The van der Waals surface area contributed by atoms with E-state index in [0.29, 0.717) is 44.2 Å². The number of para-hydroxylation sites is 1. The van der Waals surface area contributed by atoms with Crippen LogP contribution < -0.4 is 15.8 Å². The number of nitrogens with zero attached hydrogens (tertiary/aromatic N) is 4. The van der Waals surface area contributed by atoms with Crippen LogP contribution in [0.1, 0.15) is 11.3 Å². The number of nitrogen functional groups attached to an aromatic ring is 1. The summed E-state index contributed by atoms with van der Waals surface area (Å²) in [5.41, 5.74) is 8.51. The fourth-order valence-corrected chi connectivity index (χ4v) is 5.02. The molecule has 2 heterocycles. The molecule has 0 unspecified atom stereocenters. The number of hydrogen-bond donors (Lipinski definition) is 3. The SMILES string of the molecule is [C-]#[N+]c1c(N)nc(SCc2csc(Nc3ccccc3F)n2)c(C#N)c1-c1ccc(OCCO)cc1. The number of halogens is 1. The number of benzene rings is 2. The van der Waals surface area contributed by atoms with Gasteiger partial charge in [-0.3, -0.25) is 0 Å². The molecule has 0 saturated heterocycles. The van der Waals surface area contributed by atoms with E-state index in [2.05, 4.69) is 26.2 Å². The van der Waals surface area contributed by atoms with Gasteiger partial charge < -0.3 is 20.9 Å². The Balaban J connectivity index is 1.59. The van der Waals surface area contributed by atoms with Crippen LogP contribution in [0.3, 0.4) is 0 Å². The molecule has 4 N–H and O–H groups in total. The van der Waals surface area contributed by atoms with Gasteiger partial charge in [-0.25, -0.2) is 19.2 Å². The monoisotopic (exact) mass is 518 g/mol. The van der Waals surface area contributed by atoms with E-state index < -0.39 is 0 Å². The van der Waals surface area contributed by atoms with E-state index in [9.17, 15) is 9.65 Å². The summed E-state index contributed by atoms with van der Waals surface area (Å²) in [4.78, 5) is 12.3. The minimum absolute atomic E-state index is 0.0299. The number of hydrogen-bond acceptors (Lipinski definition) is 9. The highest BCUT2D eigenvalue weighted by atomic mass is 32.2. The zero-order valence-corrected chi connectivity index (χ0v) is 20.4. The summed E-state index contributed by atoms with van der Waals surface area (Å²) in [7, 11) is 0. The van der Waals surface area contributed by atoms with Gasteiger partial charge in [0, 0.05) is 16.7 Å². The minimum atomic E-state index is -0.373. The summed E-state index contributed by atoms with van der Waals surface area (Å²) in [5.74, 6) is 0.599. The fourth-order valence-electron chi connectivity index (χ4n) is 3.31. The lowest BCUT2D eigenvalue weighted by atomic mass is 10.00. The predicted octanol–water partition coefficient (Wildman–Crippen LogP) is 5.76. The van der Waals surface area contributed by atoms with Crippen LogP contribution in [0.15, 0.2) is 58.9 Å². The summed E-state index contributed by atoms with van der Waals surface area (Å²) in [6.45, 7) is 7.64. The molecule has 0 radical (unpaired) electrons. The first-order valence-electron chi connectivity index (χ1n) is 10.6. The van der Waals surface area contributed by atoms with Crippen molar-refractivity contribution in [1.82, 2.24) is 9.97 Å². The molecule has 0 bridgehead atoms. The van der Waals surface area contributed by atoms with Crippen molar-refractivity contribution in [2.45, 2.75) is 10.8 Å². The Morgan fingerprint density at radius 2 is 2.00 bits per heavy atom. The van der Waals surface area contributed by atoms with Gasteiger partial charge in [0.15, 0.2) is 5.13 Å². The number of nitrogens with two attached hydrogens (primary N) is 1. The Labute approximate surface area is 215 Å². The van der Waals surface area contributed by atoms with Crippen LogP contribution in [0.2, 0.25) is 0 Å². The summed E-state index contributed by atoms with van der Waals surface area (Å²) < 4.78 is 19.3. The predicted molar refractivity (Wildman–Crippen MR) is 139 cm³/mol. The van der Waals surface area contributed by atoms with Crippen LogP contribution in [0.25, 0.3) is 16.0 Å². The number of aromatic nitrogens is 2. The molecule has 8 nitrogen and oxygen atoms in total. The molecule has 11 heteroatoms. The van der Waals surface area contributed by atoms with Gasteiger partial charge in [0.2, 0.25) is 5.69 Å². The molecule has 0 spiro atoms. The Hall–Kier alpha value is -4.16. The molecule has 2 aromatic carbocycles. The third-order valence-electron chi connectivity index (χ3n) is 4.92. The van der Waals surface area contributed by atoms with E-state index in [1.54, 1.807) is 42.5 Å². The Morgan fingerprint density at radius 1 is 1.22 bits per heavy atom. The van der Waals surface area contributed by atoms with Crippen molar-refractivity contribution < 1.29 is 14.2 Å². The van der Waals surface area contributed by atoms with E-state index in [-0.39, 0.29) is 36.1 Å². The Morgan fingerprint density at radius 3 is 2.69 bits per heavy atom. The number of nitriles is 1. The third kappa shape index (κ3) is 5.56. The van der Waals surface area contributed by atoms with E-state index in [1.165, 1.54) is 29.2 Å². The van der Waals surface area contributed by atoms with Gasteiger partial charge in [0.05, 0.1) is 30.1 Å². The highest BCUT2D eigenvalue weighted by Crippen LogP contribution is 2.42. The molecule has 4 rings (SSSR count). The molecule has 0 aliphatic rings. The van der Waals surface area contributed by atoms with Crippen molar-refractivity contribution in [2.75, 3.05) is 24.3 Å². The number of thiazole rings is 1. The van der Waals surface area contributed by atoms with Crippen LogP contribution in [0.4, 0.5) is 26.7 Å². The standard InChI is InChI=1S/C25H19FN6O2S2/c1-29-22-21(15-6-8-17(9-7-15)34-11-10-33)18(12-27)24(32-23(22)28)35-13-16-14-36-25(30-16)31-20-5-3-2-4-19(20)26/h2-9,14,33H,10-11,13H2,(H2,28,32)(H,30,31). The number of anilines is 3. The number of rotatable bonds is 9. The van der Waals surface area contributed by atoms with Crippen LogP contribution >= 0.6 is 23.1 Å². The van der Waals surface area contributed by atoms with Crippen molar-refractivity contribution in [3.05, 3.63) is 82.4 Å². The molecule has 0 atom stereocenters. The number of thioether (sulfide) groups is 1. The molecular formula is C25H19FN6O2S2. The van der Waals surface area contributed by atoms with Gasteiger partial charge in [0.1, 0.15) is 35.1 Å². The largest absolute Gasteiger partial charge is 0.491 e. The van der Waals surface area contributed by atoms with E-state index in [4.69, 9.17) is 22.1 Å². The second kappa shape index (κ2) is 11.5. The first-order valence-corrected chi connectivity index (χ1v) is 12.4. The fraction of sp³-hybridized carbons (Fsp3) is 0.120. The molecule has 0 fully saturated rings. The quantitative estimate of drug-likeness (QED) is 0.189. The van der Waals surface area contributed by atoms with Crippen LogP contribution in [0.5, 0.6) is 5.75 Å². The van der Waals surface area contributed by atoms with Crippen molar-refractivity contribution in [3.8, 4) is 22.9 Å². The van der Waals surface area contributed by atoms with Crippen molar-refractivity contribution in [3.63, 3.8) is 0 Å². The lowest BCUT2D eigenvalue weighted by Crippen LogP contribution is -2.02. The van der Waals surface area contributed by atoms with Gasteiger partial charge in [0.25, 0.3) is 0 Å². The van der Waals surface area contributed by atoms with Crippen LogP contribution in [0, 0.1) is 23.7 Å². The summed E-state index contributed by atoms with van der Waals surface area (Å²) in [6.07, 6.45) is 0. The lowest BCUT2D eigenvalue weighted by molar-refractivity contribution is 0.201. The number of pyridine rings is 1. The van der Waals surface area contributed by atoms with Crippen molar-refractivity contribution >= 4 is 45.4 Å². The second-order valence-corrected chi connectivity index (χ2v) is 9.08. The zero-order chi connectivity index (χ0) is 25.5. The molecule has 0 aliphatic heterocycles. The molecule has 0 saturated carbocycles. The van der Waals surface area contributed by atoms with E-state index in [0.717, 1.165) is 0 Å². The summed E-state index contributed by atoms with van der Waals surface area (Å²) in [6, 6.07) is 15.4. The normalized spacial score (nSPS) is 10.4. The van der Waals surface area contributed by atoms with Gasteiger partial charge >= 0.3 is 0 Å². The van der Waals surface area contributed by atoms with E-state index in [1.807, 2.05) is 5.38 Å². The van der Waals surface area contributed by atoms with Crippen molar-refractivity contribution in [1.29, 1.82) is 5.26 Å². The highest BCUT2D eigenvalue weighted by Gasteiger charge is 2.21. The van der Waals surface area contributed by atoms with Gasteiger partial charge in [-0.15, -0.1) is 11.3 Å².